The molecule has 4 nitrogen and oxygen atoms in total. The van der Waals surface area contributed by atoms with E-state index in [-0.39, 0.29) is 6.61 Å². The zero-order valence-corrected chi connectivity index (χ0v) is 9.95. The molecule has 0 amide bonds. The minimum absolute atomic E-state index is 0.361. The van der Waals surface area contributed by atoms with Crippen LogP contribution in [0.2, 0.25) is 0 Å². The first-order valence-corrected chi connectivity index (χ1v) is 6.29. The topological polar surface area (TPSA) is 66.4 Å². The molecule has 0 heterocycles. The Bertz CT molecular complexity index is 301. The Morgan fingerprint density at radius 1 is 1.19 bits per heavy atom. The molecule has 0 fully saturated rings. The van der Waals surface area contributed by atoms with Gasteiger partial charge in [0, 0.05) is 18.6 Å². The van der Waals surface area contributed by atoms with Crippen LogP contribution in [0.5, 0.6) is 0 Å². The van der Waals surface area contributed by atoms with Gasteiger partial charge in [-0.25, -0.2) is 13.1 Å². The molecule has 0 aliphatic heterocycles. The molecule has 0 saturated heterocycles. The van der Waals surface area contributed by atoms with Crippen LogP contribution in [0.3, 0.4) is 0 Å². The molecule has 98 valence electrons. The molecule has 8 heteroatoms. The van der Waals surface area contributed by atoms with Crippen molar-refractivity contribution in [2.24, 2.45) is 5.41 Å². The van der Waals surface area contributed by atoms with Gasteiger partial charge in [-0.3, -0.25) is 0 Å². The van der Waals surface area contributed by atoms with Crippen molar-refractivity contribution in [1.82, 2.24) is 4.72 Å². The highest BCUT2D eigenvalue weighted by atomic mass is 32.2. The van der Waals surface area contributed by atoms with Crippen molar-refractivity contribution in [3.63, 3.8) is 0 Å². The zero-order chi connectivity index (χ0) is 13.0. The number of nitrogens with one attached hydrogen (secondary N) is 1. The monoisotopic (exact) mass is 263 g/mol. The van der Waals surface area contributed by atoms with Gasteiger partial charge in [0.2, 0.25) is 0 Å². The Hall–Kier alpha value is -0.340. The molecule has 0 atom stereocenters. The van der Waals surface area contributed by atoms with Crippen LogP contribution in [0.15, 0.2) is 0 Å². The molecule has 0 aromatic rings. The molecule has 0 spiro atoms. The lowest BCUT2D eigenvalue weighted by molar-refractivity contribution is -0.0452. The van der Waals surface area contributed by atoms with Gasteiger partial charge in [-0.05, 0) is 12.8 Å². The van der Waals surface area contributed by atoms with Gasteiger partial charge in [-0.1, -0.05) is 13.8 Å². The Balaban J connectivity index is 4.68. The van der Waals surface area contributed by atoms with E-state index in [0.717, 1.165) is 0 Å². The van der Waals surface area contributed by atoms with Crippen LogP contribution in [-0.4, -0.2) is 32.2 Å². The summed E-state index contributed by atoms with van der Waals surface area (Å²) in [4.78, 5) is 0. The molecule has 0 unspecified atom stereocenters. The number of rotatable bonds is 6. The maximum atomic E-state index is 12.0. The second-order valence-electron chi connectivity index (χ2n) is 3.64. The van der Waals surface area contributed by atoms with Crippen molar-refractivity contribution in [2.45, 2.75) is 32.2 Å². The highest BCUT2D eigenvalue weighted by Crippen LogP contribution is 2.27. The first-order chi connectivity index (χ1) is 7.14. The SMILES string of the molecule is CCC(CC)(CO)CNS(=O)(=O)C(F)(F)F. The van der Waals surface area contributed by atoms with E-state index in [1.54, 1.807) is 13.8 Å². The fraction of sp³-hybridized carbons (Fsp3) is 1.00. The average Bonchev–Trinajstić information content (AvgIpc) is 2.19. The van der Waals surface area contributed by atoms with Crippen LogP contribution < -0.4 is 4.72 Å². The van der Waals surface area contributed by atoms with E-state index in [0.29, 0.717) is 12.8 Å². The Morgan fingerprint density at radius 2 is 1.62 bits per heavy atom. The van der Waals surface area contributed by atoms with E-state index in [1.165, 1.54) is 4.72 Å². The maximum absolute atomic E-state index is 12.0. The fourth-order valence-electron chi connectivity index (χ4n) is 1.11. The summed E-state index contributed by atoms with van der Waals surface area (Å²) >= 11 is 0. The molecule has 0 rings (SSSR count). The Labute approximate surface area is 92.9 Å². The lowest BCUT2D eigenvalue weighted by Gasteiger charge is -2.29. The number of hydrogen-bond donors (Lipinski definition) is 2. The molecule has 0 aliphatic carbocycles. The minimum Gasteiger partial charge on any atom is -0.396 e. The smallest absolute Gasteiger partial charge is 0.396 e. The van der Waals surface area contributed by atoms with Crippen LogP contribution >= 0.6 is 0 Å². The highest BCUT2D eigenvalue weighted by molar-refractivity contribution is 7.90. The zero-order valence-electron chi connectivity index (χ0n) is 9.13. The van der Waals surface area contributed by atoms with Crippen LogP contribution in [0, 0.1) is 5.41 Å². The number of alkyl halides is 3. The van der Waals surface area contributed by atoms with E-state index in [9.17, 15) is 21.6 Å². The molecule has 16 heavy (non-hydrogen) atoms. The molecule has 0 aromatic heterocycles. The van der Waals surface area contributed by atoms with Crippen LogP contribution in [0.25, 0.3) is 0 Å². The summed E-state index contributed by atoms with van der Waals surface area (Å²) in [7, 11) is -5.32. The van der Waals surface area contributed by atoms with Crippen LogP contribution in [0.4, 0.5) is 13.2 Å². The van der Waals surface area contributed by atoms with E-state index >= 15 is 0 Å². The van der Waals surface area contributed by atoms with Crippen molar-refractivity contribution in [2.75, 3.05) is 13.2 Å². The number of aliphatic hydroxyl groups excluding tert-OH is 1. The van der Waals surface area contributed by atoms with E-state index in [4.69, 9.17) is 5.11 Å². The van der Waals surface area contributed by atoms with Crippen molar-refractivity contribution >= 4 is 10.0 Å². The second-order valence-corrected chi connectivity index (χ2v) is 5.39. The standard InChI is InChI=1S/C8H16F3NO3S/c1-3-7(4-2,6-13)5-12-16(14,15)8(9,10)11/h12-13H,3-6H2,1-2H3. The Morgan fingerprint density at radius 3 is 1.88 bits per heavy atom. The van der Waals surface area contributed by atoms with Gasteiger partial charge in [0.05, 0.1) is 0 Å². The predicted molar refractivity (Wildman–Crippen MR) is 53.1 cm³/mol. The summed E-state index contributed by atoms with van der Waals surface area (Å²) < 4.78 is 59.0. The molecular formula is C8H16F3NO3S. The molecule has 0 radical (unpaired) electrons. The van der Waals surface area contributed by atoms with E-state index in [1.807, 2.05) is 0 Å². The molecular weight excluding hydrogens is 247 g/mol. The lowest BCUT2D eigenvalue weighted by Crippen LogP contribution is -2.44. The average molecular weight is 263 g/mol. The number of hydrogen-bond acceptors (Lipinski definition) is 3. The third-order valence-electron chi connectivity index (χ3n) is 2.78. The summed E-state index contributed by atoms with van der Waals surface area (Å²) in [5.74, 6) is 0. The van der Waals surface area contributed by atoms with Crippen molar-refractivity contribution in [3.8, 4) is 0 Å². The second kappa shape index (κ2) is 5.33. The van der Waals surface area contributed by atoms with Crippen molar-refractivity contribution in [1.29, 1.82) is 0 Å². The molecule has 0 bridgehead atoms. The van der Waals surface area contributed by atoms with Gasteiger partial charge >= 0.3 is 15.5 Å². The van der Waals surface area contributed by atoms with Crippen LogP contribution in [-0.2, 0) is 10.0 Å². The van der Waals surface area contributed by atoms with Gasteiger partial charge in [0.25, 0.3) is 0 Å². The summed E-state index contributed by atoms with van der Waals surface area (Å²) in [5, 5.41) is 9.06. The molecule has 0 aromatic carbocycles. The van der Waals surface area contributed by atoms with Gasteiger partial charge in [-0.2, -0.15) is 13.2 Å². The van der Waals surface area contributed by atoms with Gasteiger partial charge in [-0.15, -0.1) is 0 Å². The third-order valence-corrected chi connectivity index (χ3v) is 3.91. The van der Waals surface area contributed by atoms with Gasteiger partial charge in [0.1, 0.15) is 0 Å². The lowest BCUT2D eigenvalue weighted by atomic mass is 9.84. The largest absolute Gasteiger partial charge is 0.511 e. The normalized spacial score (nSPS) is 14.1. The number of sulfonamides is 1. The molecule has 0 saturated carbocycles. The number of halogens is 3. The first-order valence-electron chi connectivity index (χ1n) is 4.81. The van der Waals surface area contributed by atoms with E-state index in [2.05, 4.69) is 0 Å². The van der Waals surface area contributed by atoms with Gasteiger partial charge in [0.15, 0.2) is 0 Å². The third kappa shape index (κ3) is 3.60. The highest BCUT2D eigenvalue weighted by Gasteiger charge is 2.46. The number of aliphatic hydroxyl groups is 1. The maximum Gasteiger partial charge on any atom is 0.511 e. The van der Waals surface area contributed by atoms with Crippen molar-refractivity contribution < 1.29 is 26.7 Å². The molecule has 2 N–H and O–H groups in total. The summed E-state index contributed by atoms with van der Waals surface area (Å²) in [5.41, 5.74) is -6.14. The first kappa shape index (κ1) is 15.7. The van der Waals surface area contributed by atoms with E-state index < -0.39 is 27.5 Å². The Kier molecular flexibility index (Phi) is 5.21. The minimum atomic E-state index is -5.32. The summed E-state index contributed by atoms with van der Waals surface area (Å²) in [6.07, 6.45) is 0.779. The quantitative estimate of drug-likeness (QED) is 0.757. The summed E-state index contributed by atoms with van der Waals surface area (Å²) in [6.45, 7) is 2.59. The predicted octanol–water partition coefficient (Wildman–Crippen LogP) is 1.22. The summed E-state index contributed by atoms with van der Waals surface area (Å²) in [6, 6.07) is 0. The van der Waals surface area contributed by atoms with Gasteiger partial charge < -0.3 is 5.11 Å². The van der Waals surface area contributed by atoms with Crippen LogP contribution in [0.1, 0.15) is 26.7 Å². The fourth-order valence-corrected chi connectivity index (χ4v) is 1.77. The molecule has 0 aliphatic rings. The van der Waals surface area contributed by atoms with Crippen molar-refractivity contribution in [3.05, 3.63) is 0 Å².